The number of nitrogens with zero attached hydrogens (tertiary/aromatic N) is 4. The summed E-state index contributed by atoms with van der Waals surface area (Å²) in [6.07, 6.45) is 6.94. The van der Waals surface area contributed by atoms with E-state index in [4.69, 9.17) is 14.7 Å². The monoisotopic (exact) mass is 571 g/mol. The molecule has 1 saturated carbocycles. The minimum absolute atomic E-state index is 0.0607. The fourth-order valence-electron chi connectivity index (χ4n) is 6.41. The number of amides is 1. The quantitative estimate of drug-likeness (QED) is 0.353. The summed E-state index contributed by atoms with van der Waals surface area (Å²) in [4.78, 5) is 28.2. The third-order valence-electron chi connectivity index (χ3n) is 9.21. The predicted octanol–water partition coefficient (Wildman–Crippen LogP) is 6.12. The number of aromatic hydroxyl groups is 1. The van der Waals surface area contributed by atoms with Crippen LogP contribution in [0.4, 0.5) is 5.82 Å². The van der Waals surface area contributed by atoms with Crippen LogP contribution in [0.2, 0.25) is 0 Å². The van der Waals surface area contributed by atoms with Gasteiger partial charge in [-0.2, -0.15) is 9.97 Å². The van der Waals surface area contributed by atoms with Crippen LogP contribution < -0.4 is 15.0 Å². The maximum atomic E-state index is 14.1. The van der Waals surface area contributed by atoms with Crippen LogP contribution in [-0.4, -0.2) is 57.2 Å². The SMILES string of the molecule is Cc1cccc2cc(O)cc(C(=O)N3Cc4nc(OCC5(CNC(C)(C)C)CC5)nc(N5CCCCCC5C)c4C3)c12. The lowest BCUT2D eigenvalue weighted by molar-refractivity contribution is 0.0752. The highest BCUT2D eigenvalue weighted by molar-refractivity contribution is 6.09. The van der Waals surface area contributed by atoms with Crippen molar-refractivity contribution in [3.63, 3.8) is 0 Å². The Balaban J connectivity index is 1.30. The van der Waals surface area contributed by atoms with E-state index in [9.17, 15) is 9.90 Å². The predicted molar refractivity (Wildman–Crippen MR) is 166 cm³/mol. The summed E-state index contributed by atoms with van der Waals surface area (Å²) in [5.74, 6) is 0.901. The summed E-state index contributed by atoms with van der Waals surface area (Å²) in [5.41, 5.74) is 3.59. The average Bonchev–Trinajstić information content (AvgIpc) is 3.64. The van der Waals surface area contributed by atoms with Gasteiger partial charge in [0.2, 0.25) is 0 Å². The van der Waals surface area contributed by atoms with Crippen molar-refractivity contribution in [2.45, 2.75) is 97.8 Å². The zero-order valence-electron chi connectivity index (χ0n) is 25.8. The third kappa shape index (κ3) is 5.91. The zero-order valence-corrected chi connectivity index (χ0v) is 25.8. The van der Waals surface area contributed by atoms with E-state index in [1.54, 1.807) is 12.1 Å². The van der Waals surface area contributed by atoms with Crippen molar-refractivity contribution in [2.75, 3.05) is 24.6 Å². The Morgan fingerprint density at radius 3 is 2.71 bits per heavy atom. The van der Waals surface area contributed by atoms with E-state index in [1.165, 1.54) is 12.8 Å². The normalized spacial score (nSPS) is 20.0. The summed E-state index contributed by atoms with van der Waals surface area (Å²) in [6.45, 7) is 14.1. The highest BCUT2D eigenvalue weighted by Gasteiger charge is 2.44. The molecule has 3 aliphatic rings. The average molecular weight is 572 g/mol. The summed E-state index contributed by atoms with van der Waals surface area (Å²) in [6, 6.07) is 9.98. The molecule has 3 aromatic rings. The number of aromatic nitrogens is 2. The summed E-state index contributed by atoms with van der Waals surface area (Å²) >= 11 is 0. The van der Waals surface area contributed by atoms with E-state index in [1.807, 2.05) is 30.0 Å². The molecule has 1 amide bonds. The lowest BCUT2D eigenvalue weighted by Crippen LogP contribution is -2.41. The van der Waals surface area contributed by atoms with Crippen molar-refractivity contribution < 1.29 is 14.6 Å². The molecular weight excluding hydrogens is 526 g/mol. The number of benzene rings is 2. The van der Waals surface area contributed by atoms with Gasteiger partial charge in [-0.25, -0.2) is 0 Å². The number of rotatable bonds is 7. The molecule has 2 N–H and O–H groups in total. The molecule has 6 rings (SSSR count). The van der Waals surface area contributed by atoms with Gasteiger partial charge >= 0.3 is 6.01 Å². The van der Waals surface area contributed by atoms with Crippen molar-refractivity contribution in [1.82, 2.24) is 20.2 Å². The first kappa shape index (κ1) is 28.7. The number of carbonyl (C=O) groups is 1. The Labute approximate surface area is 249 Å². The molecular formula is C34H45N5O3. The molecule has 1 aliphatic carbocycles. The summed E-state index contributed by atoms with van der Waals surface area (Å²) in [7, 11) is 0. The van der Waals surface area contributed by atoms with Gasteiger partial charge in [-0.15, -0.1) is 0 Å². The Morgan fingerprint density at radius 1 is 1.14 bits per heavy atom. The molecule has 1 unspecified atom stereocenters. The van der Waals surface area contributed by atoms with Crippen LogP contribution in [0.3, 0.4) is 0 Å². The molecule has 1 atom stereocenters. The van der Waals surface area contributed by atoms with Crippen LogP contribution in [0.15, 0.2) is 30.3 Å². The number of phenolic OH excluding ortho intramolecular Hbond substituents is 1. The van der Waals surface area contributed by atoms with Gasteiger partial charge in [-0.1, -0.05) is 31.0 Å². The number of anilines is 1. The van der Waals surface area contributed by atoms with E-state index in [0.717, 1.165) is 72.2 Å². The Bertz CT molecular complexity index is 1490. The lowest BCUT2D eigenvalue weighted by Gasteiger charge is -2.30. The fourth-order valence-corrected chi connectivity index (χ4v) is 6.41. The van der Waals surface area contributed by atoms with E-state index in [2.05, 4.69) is 37.9 Å². The summed E-state index contributed by atoms with van der Waals surface area (Å²) < 4.78 is 6.37. The summed E-state index contributed by atoms with van der Waals surface area (Å²) in [5, 5.41) is 15.8. The first-order chi connectivity index (χ1) is 20.0. The standard InChI is InChI=1S/C34H45N5O3/c1-22-10-9-12-24-16-25(40)17-26(29(22)24)31(41)38-18-27-28(19-38)36-32(37-30(27)39-15-8-6-7-11-23(39)2)42-21-34(13-14-34)20-35-33(3,4)5/h9-10,12,16-17,23,35,40H,6-8,11,13-15,18-21H2,1-5H3. The van der Waals surface area contributed by atoms with Gasteiger partial charge < -0.3 is 25.0 Å². The molecule has 3 heterocycles. The molecule has 2 fully saturated rings. The number of aryl methyl sites for hydroxylation is 1. The molecule has 2 aromatic carbocycles. The fraction of sp³-hybridized carbons (Fsp3) is 0.559. The number of carbonyl (C=O) groups excluding carboxylic acids is 1. The first-order valence-electron chi connectivity index (χ1n) is 15.6. The number of ether oxygens (including phenoxy) is 1. The number of nitrogens with one attached hydrogen (secondary N) is 1. The van der Waals surface area contributed by atoms with Crippen LogP contribution in [0.5, 0.6) is 11.8 Å². The smallest absolute Gasteiger partial charge is 0.318 e. The van der Waals surface area contributed by atoms with Gasteiger partial charge in [0.25, 0.3) is 5.91 Å². The largest absolute Gasteiger partial charge is 0.508 e. The molecule has 0 bridgehead atoms. The van der Waals surface area contributed by atoms with Gasteiger partial charge in [-0.05, 0) is 88.8 Å². The molecule has 42 heavy (non-hydrogen) atoms. The molecule has 8 heteroatoms. The van der Waals surface area contributed by atoms with Crippen LogP contribution in [-0.2, 0) is 13.1 Å². The molecule has 2 aliphatic heterocycles. The topological polar surface area (TPSA) is 90.8 Å². The third-order valence-corrected chi connectivity index (χ3v) is 9.21. The highest BCUT2D eigenvalue weighted by Crippen LogP contribution is 2.46. The van der Waals surface area contributed by atoms with Gasteiger partial charge in [0.15, 0.2) is 0 Å². The number of fused-ring (bicyclic) bond motifs is 2. The Hall–Kier alpha value is -3.39. The molecule has 8 nitrogen and oxygen atoms in total. The zero-order chi connectivity index (χ0) is 29.6. The van der Waals surface area contributed by atoms with Crippen molar-refractivity contribution >= 4 is 22.5 Å². The van der Waals surface area contributed by atoms with Crippen molar-refractivity contribution in [3.05, 3.63) is 52.7 Å². The lowest BCUT2D eigenvalue weighted by atomic mass is 9.98. The van der Waals surface area contributed by atoms with E-state index in [0.29, 0.717) is 37.3 Å². The maximum Gasteiger partial charge on any atom is 0.318 e. The van der Waals surface area contributed by atoms with Crippen LogP contribution in [0.25, 0.3) is 10.8 Å². The molecule has 1 saturated heterocycles. The molecule has 224 valence electrons. The van der Waals surface area contributed by atoms with E-state index in [-0.39, 0.29) is 22.6 Å². The minimum Gasteiger partial charge on any atom is -0.508 e. The maximum absolute atomic E-state index is 14.1. The number of hydrogen-bond donors (Lipinski definition) is 2. The highest BCUT2D eigenvalue weighted by atomic mass is 16.5. The first-order valence-corrected chi connectivity index (χ1v) is 15.6. The van der Waals surface area contributed by atoms with Gasteiger partial charge in [0, 0.05) is 35.6 Å². The van der Waals surface area contributed by atoms with Gasteiger partial charge in [0.1, 0.15) is 11.6 Å². The second kappa shape index (κ2) is 11.0. The minimum atomic E-state index is -0.106. The molecule has 1 aromatic heterocycles. The number of hydrogen-bond acceptors (Lipinski definition) is 7. The van der Waals surface area contributed by atoms with Crippen LogP contribution in [0.1, 0.15) is 93.4 Å². The van der Waals surface area contributed by atoms with E-state index < -0.39 is 0 Å². The van der Waals surface area contributed by atoms with Crippen molar-refractivity contribution in [3.8, 4) is 11.8 Å². The van der Waals surface area contributed by atoms with Gasteiger partial charge in [-0.3, -0.25) is 4.79 Å². The van der Waals surface area contributed by atoms with Crippen molar-refractivity contribution in [1.29, 1.82) is 0 Å². The Kier molecular flexibility index (Phi) is 7.54. The Morgan fingerprint density at radius 2 is 1.95 bits per heavy atom. The van der Waals surface area contributed by atoms with Crippen LogP contribution in [0, 0.1) is 12.3 Å². The van der Waals surface area contributed by atoms with Crippen molar-refractivity contribution in [2.24, 2.45) is 5.41 Å². The number of phenols is 1. The molecule has 0 spiro atoms. The second-order valence-electron chi connectivity index (χ2n) is 13.9. The second-order valence-corrected chi connectivity index (χ2v) is 13.9. The van der Waals surface area contributed by atoms with Gasteiger partial charge in [0.05, 0.1) is 31.0 Å². The van der Waals surface area contributed by atoms with E-state index >= 15 is 0 Å². The molecule has 0 radical (unpaired) electrons. The van der Waals surface area contributed by atoms with Crippen LogP contribution >= 0.6 is 0 Å².